The Morgan fingerprint density at radius 2 is 1.69 bits per heavy atom. The van der Waals surface area contributed by atoms with E-state index in [4.69, 9.17) is 4.74 Å². The summed E-state index contributed by atoms with van der Waals surface area (Å²) in [6, 6.07) is 14.2. The fourth-order valence-electron chi connectivity index (χ4n) is 2.72. The molecule has 2 aromatic rings. The van der Waals surface area contributed by atoms with Crippen LogP contribution in [0.15, 0.2) is 48.5 Å². The molecule has 2 amide bonds. The second-order valence-electron chi connectivity index (χ2n) is 6.54. The molecule has 0 aliphatic heterocycles. The van der Waals surface area contributed by atoms with E-state index < -0.39 is 6.04 Å². The van der Waals surface area contributed by atoms with Crippen molar-refractivity contribution in [3.05, 3.63) is 65.2 Å². The van der Waals surface area contributed by atoms with Gasteiger partial charge in [-0.05, 0) is 30.5 Å². The Balaban J connectivity index is 2.05. The minimum atomic E-state index is -0.614. The van der Waals surface area contributed by atoms with Gasteiger partial charge in [-0.3, -0.25) is 9.59 Å². The third-order valence-corrected chi connectivity index (χ3v) is 4.27. The van der Waals surface area contributed by atoms with Gasteiger partial charge in [0.05, 0.1) is 7.11 Å². The van der Waals surface area contributed by atoms with Crippen LogP contribution in [0.2, 0.25) is 0 Å². The van der Waals surface area contributed by atoms with Crippen molar-refractivity contribution >= 4 is 11.8 Å². The molecule has 1 atom stereocenters. The van der Waals surface area contributed by atoms with Crippen molar-refractivity contribution in [3.63, 3.8) is 0 Å². The molecule has 0 spiro atoms. The second-order valence-corrected chi connectivity index (χ2v) is 6.54. The zero-order valence-electron chi connectivity index (χ0n) is 15.7. The van der Waals surface area contributed by atoms with E-state index in [1.165, 1.54) is 0 Å². The molecule has 2 rings (SSSR count). The van der Waals surface area contributed by atoms with E-state index in [1.54, 1.807) is 13.2 Å². The summed E-state index contributed by atoms with van der Waals surface area (Å²) in [6.45, 7) is 6.03. The average molecular weight is 354 g/mol. The van der Waals surface area contributed by atoms with E-state index in [2.05, 4.69) is 10.6 Å². The van der Waals surface area contributed by atoms with E-state index in [9.17, 15) is 9.59 Å². The molecule has 0 saturated heterocycles. The highest BCUT2D eigenvalue weighted by Crippen LogP contribution is 2.17. The normalized spacial score (nSPS) is 11.7. The highest BCUT2D eigenvalue weighted by molar-refractivity contribution is 5.98. The molecule has 2 aromatic carbocycles. The third-order valence-electron chi connectivity index (χ3n) is 4.27. The first-order valence-electron chi connectivity index (χ1n) is 8.70. The standard InChI is InChI=1S/C21H26N2O3/c1-14(2)19(23-20(24)17-11-7-5-9-15(17)3)21(25)22-13-16-10-6-8-12-18(16)26-4/h5-12,14,19H,13H2,1-4H3,(H,22,25)(H,23,24)/t19-/m1/s1. The molecule has 0 aromatic heterocycles. The Hall–Kier alpha value is -2.82. The Kier molecular flexibility index (Phi) is 6.78. The van der Waals surface area contributed by atoms with Crippen molar-refractivity contribution in [3.8, 4) is 5.75 Å². The summed E-state index contributed by atoms with van der Waals surface area (Å²) in [6.07, 6.45) is 0. The number of para-hydroxylation sites is 1. The highest BCUT2D eigenvalue weighted by atomic mass is 16.5. The lowest BCUT2D eigenvalue weighted by molar-refractivity contribution is -0.124. The van der Waals surface area contributed by atoms with Crippen LogP contribution in [0.5, 0.6) is 5.75 Å². The first-order chi connectivity index (χ1) is 12.4. The van der Waals surface area contributed by atoms with Gasteiger partial charge >= 0.3 is 0 Å². The molecule has 0 bridgehead atoms. The van der Waals surface area contributed by atoms with E-state index in [0.717, 1.165) is 16.9 Å². The first-order valence-corrected chi connectivity index (χ1v) is 8.70. The number of benzene rings is 2. The van der Waals surface area contributed by atoms with E-state index in [0.29, 0.717) is 12.1 Å². The van der Waals surface area contributed by atoms with E-state index >= 15 is 0 Å². The van der Waals surface area contributed by atoms with Crippen molar-refractivity contribution in [2.45, 2.75) is 33.4 Å². The van der Waals surface area contributed by atoms with Gasteiger partial charge < -0.3 is 15.4 Å². The van der Waals surface area contributed by atoms with Gasteiger partial charge in [-0.2, -0.15) is 0 Å². The van der Waals surface area contributed by atoms with Crippen molar-refractivity contribution in [1.29, 1.82) is 0 Å². The summed E-state index contributed by atoms with van der Waals surface area (Å²) in [5.41, 5.74) is 2.34. The van der Waals surface area contributed by atoms with Crippen LogP contribution in [0.3, 0.4) is 0 Å². The SMILES string of the molecule is COc1ccccc1CNC(=O)[C@H](NC(=O)c1ccccc1C)C(C)C. The third kappa shape index (κ3) is 4.85. The number of hydrogen-bond acceptors (Lipinski definition) is 3. The summed E-state index contributed by atoms with van der Waals surface area (Å²) >= 11 is 0. The number of carbonyl (C=O) groups excluding carboxylic acids is 2. The van der Waals surface area contributed by atoms with Crippen molar-refractivity contribution in [2.75, 3.05) is 7.11 Å². The number of methoxy groups -OCH3 is 1. The largest absolute Gasteiger partial charge is 0.496 e. The van der Waals surface area contributed by atoms with Gasteiger partial charge in [0.25, 0.3) is 5.91 Å². The monoisotopic (exact) mass is 354 g/mol. The smallest absolute Gasteiger partial charge is 0.252 e. The number of ether oxygens (including phenoxy) is 1. The van der Waals surface area contributed by atoms with Gasteiger partial charge in [0.2, 0.25) is 5.91 Å². The van der Waals surface area contributed by atoms with E-state index in [1.807, 2.05) is 63.2 Å². The van der Waals surface area contributed by atoms with Crippen molar-refractivity contribution in [1.82, 2.24) is 10.6 Å². The predicted molar refractivity (Wildman–Crippen MR) is 102 cm³/mol. The summed E-state index contributed by atoms with van der Waals surface area (Å²) in [5, 5.41) is 5.75. The molecular formula is C21H26N2O3. The summed E-state index contributed by atoms with van der Waals surface area (Å²) in [5.74, 6) is 0.223. The quantitative estimate of drug-likeness (QED) is 0.803. The van der Waals surface area contributed by atoms with Crippen LogP contribution in [0.4, 0.5) is 0 Å². The van der Waals surface area contributed by atoms with Crippen LogP contribution >= 0.6 is 0 Å². The fourth-order valence-corrected chi connectivity index (χ4v) is 2.72. The minimum Gasteiger partial charge on any atom is -0.496 e. The zero-order chi connectivity index (χ0) is 19.1. The molecule has 5 heteroatoms. The topological polar surface area (TPSA) is 67.4 Å². The molecule has 0 saturated carbocycles. The highest BCUT2D eigenvalue weighted by Gasteiger charge is 2.25. The molecule has 5 nitrogen and oxygen atoms in total. The number of aryl methyl sites for hydroxylation is 1. The molecule has 0 radical (unpaired) electrons. The van der Waals surface area contributed by atoms with Gasteiger partial charge in [-0.1, -0.05) is 50.2 Å². The van der Waals surface area contributed by atoms with Gasteiger partial charge in [-0.15, -0.1) is 0 Å². The average Bonchev–Trinajstić information content (AvgIpc) is 2.64. The van der Waals surface area contributed by atoms with Crippen LogP contribution < -0.4 is 15.4 Å². The van der Waals surface area contributed by atoms with Crippen molar-refractivity contribution < 1.29 is 14.3 Å². The zero-order valence-corrected chi connectivity index (χ0v) is 15.7. The molecule has 138 valence electrons. The maximum Gasteiger partial charge on any atom is 0.252 e. The molecule has 2 N–H and O–H groups in total. The summed E-state index contributed by atoms with van der Waals surface area (Å²) in [7, 11) is 1.60. The molecule has 0 aliphatic carbocycles. The lowest BCUT2D eigenvalue weighted by Gasteiger charge is -2.22. The fraction of sp³-hybridized carbons (Fsp3) is 0.333. The van der Waals surface area contributed by atoms with Crippen LogP contribution in [0, 0.1) is 12.8 Å². The van der Waals surface area contributed by atoms with Crippen molar-refractivity contribution in [2.24, 2.45) is 5.92 Å². The van der Waals surface area contributed by atoms with Crippen LogP contribution in [0.25, 0.3) is 0 Å². The number of nitrogens with one attached hydrogen (secondary N) is 2. The van der Waals surface area contributed by atoms with Crippen LogP contribution in [-0.4, -0.2) is 25.0 Å². The lowest BCUT2D eigenvalue weighted by atomic mass is 10.0. The molecule has 0 aliphatic rings. The van der Waals surface area contributed by atoms with Gasteiger partial charge in [0.15, 0.2) is 0 Å². The Morgan fingerprint density at radius 3 is 2.35 bits per heavy atom. The molecule has 0 heterocycles. The van der Waals surface area contributed by atoms with Gasteiger partial charge in [0.1, 0.15) is 11.8 Å². The molecule has 0 unspecified atom stereocenters. The molecule has 0 fully saturated rings. The maximum atomic E-state index is 12.6. The number of carbonyl (C=O) groups is 2. The summed E-state index contributed by atoms with van der Waals surface area (Å²) < 4.78 is 5.30. The van der Waals surface area contributed by atoms with E-state index in [-0.39, 0.29) is 17.7 Å². The Labute approximate surface area is 154 Å². The Bertz CT molecular complexity index is 771. The molecule has 26 heavy (non-hydrogen) atoms. The number of hydrogen-bond donors (Lipinski definition) is 2. The van der Waals surface area contributed by atoms with Crippen LogP contribution in [-0.2, 0) is 11.3 Å². The molecular weight excluding hydrogens is 328 g/mol. The Morgan fingerprint density at radius 1 is 1.04 bits per heavy atom. The van der Waals surface area contributed by atoms with Crippen LogP contribution in [0.1, 0.15) is 35.3 Å². The summed E-state index contributed by atoms with van der Waals surface area (Å²) in [4.78, 5) is 25.2. The van der Waals surface area contributed by atoms with Gasteiger partial charge in [-0.25, -0.2) is 0 Å². The van der Waals surface area contributed by atoms with Gasteiger partial charge in [0, 0.05) is 17.7 Å². The predicted octanol–water partition coefficient (Wildman–Crippen LogP) is 3.07. The lowest BCUT2D eigenvalue weighted by Crippen LogP contribution is -2.49. The second kappa shape index (κ2) is 9.04. The number of amides is 2. The first kappa shape index (κ1) is 19.5. The maximum absolute atomic E-state index is 12.6. The number of rotatable bonds is 7. The minimum absolute atomic E-state index is 0.0411.